The van der Waals surface area contributed by atoms with E-state index < -0.39 is 18.0 Å². The summed E-state index contributed by atoms with van der Waals surface area (Å²) in [7, 11) is 2.75. The van der Waals surface area contributed by atoms with Gasteiger partial charge in [0.2, 0.25) is 5.91 Å². The van der Waals surface area contributed by atoms with Gasteiger partial charge in [-0.3, -0.25) is 9.59 Å². The Hall–Kier alpha value is -1.93. The van der Waals surface area contributed by atoms with Crippen molar-refractivity contribution >= 4 is 29.1 Å². The third-order valence-electron chi connectivity index (χ3n) is 2.50. The Labute approximate surface area is 120 Å². The average molecular weight is 300 g/mol. The van der Waals surface area contributed by atoms with Crippen LogP contribution in [0.25, 0.3) is 0 Å². The molecule has 0 radical (unpaired) electrons. The van der Waals surface area contributed by atoms with Crippen LogP contribution >= 0.6 is 11.3 Å². The molecule has 0 saturated heterocycles. The van der Waals surface area contributed by atoms with E-state index in [1.165, 1.54) is 30.4 Å². The third kappa shape index (κ3) is 4.63. The van der Waals surface area contributed by atoms with E-state index in [0.717, 1.165) is 0 Å². The number of amides is 2. The molecule has 1 rings (SSSR count). The zero-order valence-corrected chi connectivity index (χ0v) is 12.0. The highest BCUT2D eigenvalue weighted by molar-refractivity contribution is 7.12. The monoisotopic (exact) mass is 300 g/mol. The van der Waals surface area contributed by atoms with Gasteiger partial charge in [-0.1, -0.05) is 6.07 Å². The van der Waals surface area contributed by atoms with Crippen LogP contribution in [-0.4, -0.2) is 61.1 Å². The molecule has 7 nitrogen and oxygen atoms in total. The minimum atomic E-state index is -1.16. The molecular formula is C12H16N2O5S. The lowest BCUT2D eigenvalue weighted by molar-refractivity contribution is -0.148. The normalized spacial score (nSPS) is 11.7. The molecule has 2 amide bonds. The molecule has 0 fully saturated rings. The molecular weight excluding hydrogens is 284 g/mol. The Morgan fingerprint density at radius 2 is 2.20 bits per heavy atom. The van der Waals surface area contributed by atoms with Gasteiger partial charge in [-0.05, 0) is 11.4 Å². The van der Waals surface area contributed by atoms with Gasteiger partial charge in [0.15, 0.2) is 6.10 Å². The van der Waals surface area contributed by atoms with Crippen LogP contribution in [0.3, 0.4) is 0 Å². The summed E-state index contributed by atoms with van der Waals surface area (Å²) in [5.74, 6) is -1.85. The summed E-state index contributed by atoms with van der Waals surface area (Å²) in [4.78, 5) is 36.0. The van der Waals surface area contributed by atoms with Crippen molar-refractivity contribution in [1.82, 2.24) is 10.2 Å². The van der Waals surface area contributed by atoms with Gasteiger partial charge in [0.1, 0.15) is 0 Å². The van der Waals surface area contributed by atoms with Crippen molar-refractivity contribution in [2.75, 3.05) is 27.2 Å². The van der Waals surface area contributed by atoms with Crippen LogP contribution < -0.4 is 5.32 Å². The molecule has 0 saturated carbocycles. The van der Waals surface area contributed by atoms with E-state index in [2.05, 4.69) is 10.1 Å². The minimum absolute atomic E-state index is 0.146. The fourth-order valence-electron chi connectivity index (χ4n) is 1.41. The van der Waals surface area contributed by atoms with E-state index in [-0.39, 0.29) is 19.0 Å². The number of hydrogen-bond acceptors (Lipinski definition) is 5. The van der Waals surface area contributed by atoms with Gasteiger partial charge in [-0.25, -0.2) is 4.79 Å². The number of carboxylic acids is 1. The van der Waals surface area contributed by atoms with E-state index in [1.807, 2.05) is 0 Å². The molecule has 1 aromatic rings. The van der Waals surface area contributed by atoms with E-state index in [9.17, 15) is 14.4 Å². The highest BCUT2D eigenvalue weighted by atomic mass is 32.1. The molecule has 110 valence electrons. The molecule has 0 aliphatic carbocycles. The predicted octanol–water partition coefficient (Wildman–Crippen LogP) is 0.0359. The number of thiophene rings is 1. The molecule has 8 heteroatoms. The Morgan fingerprint density at radius 1 is 1.50 bits per heavy atom. The van der Waals surface area contributed by atoms with Gasteiger partial charge in [0.05, 0.1) is 18.0 Å². The molecule has 0 aromatic carbocycles. The summed E-state index contributed by atoms with van der Waals surface area (Å²) in [5.41, 5.74) is 0. The van der Waals surface area contributed by atoms with Crippen molar-refractivity contribution in [3.63, 3.8) is 0 Å². The molecule has 1 aromatic heterocycles. The summed E-state index contributed by atoms with van der Waals surface area (Å²) in [6.45, 7) is -0.293. The maximum Gasteiger partial charge on any atom is 0.334 e. The van der Waals surface area contributed by atoms with E-state index >= 15 is 0 Å². The number of hydrogen-bond donors (Lipinski definition) is 2. The smallest absolute Gasteiger partial charge is 0.334 e. The molecule has 0 bridgehead atoms. The Balaban J connectivity index is 2.42. The second-order valence-electron chi connectivity index (χ2n) is 4.01. The lowest BCUT2D eigenvalue weighted by atomic mass is 10.3. The Bertz CT molecular complexity index is 474. The van der Waals surface area contributed by atoms with Crippen LogP contribution in [0.2, 0.25) is 0 Å². The molecule has 1 unspecified atom stereocenters. The SMILES string of the molecule is COC(CNC(=O)CN(C)C(=O)c1cccs1)C(=O)O. The first-order valence-corrected chi connectivity index (χ1v) is 6.65. The van der Waals surface area contributed by atoms with Crippen LogP contribution in [0.1, 0.15) is 9.67 Å². The predicted molar refractivity (Wildman–Crippen MR) is 72.7 cm³/mol. The standard InChI is InChI=1S/C12H16N2O5S/c1-14(11(16)9-4-3-5-20-9)7-10(15)13-6-8(19-2)12(17)18/h3-5,8H,6-7H2,1-2H3,(H,13,15)(H,17,18). The van der Waals surface area contributed by atoms with Crippen molar-refractivity contribution in [2.24, 2.45) is 0 Å². The van der Waals surface area contributed by atoms with E-state index in [0.29, 0.717) is 4.88 Å². The van der Waals surface area contributed by atoms with Crippen LogP contribution in [0.4, 0.5) is 0 Å². The number of carbonyl (C=O) groups excluding carboxylic acids is 2. The first-order chi connectivity index (χ1) is 9.45. The maximum atomic E-state index is 11.9. The van der Waals surface area contributed by atoms with Crippen molar-refractivity contribution in [1.29, 1.82) is 0 Å². The molecule has 2 N–H and O–H groups in total. The first-order valence-electron chi connectivity index (χ1n) is 5.77. The summed E-state index contributed by atoms with van der Waals surface area (Å²) >= 11 is 1.29. The van der Waals surface area contributed by atoms with Gasteiger partial charge < -0.3 is 20.1 Å². The van der Waals surface area contributed by atoms with E-state index in [1.54, 1.807) is 17.5 Å². The number of likely N-dealkylation sites (N-methyl/N-ethyl adjacent to an activating group) is 1. The highest BCUT2D eigenvalue weighted by Gasteiger charge is 2.19. The van der Waals surface area contributed by atoms with Crippen molar-refractivity contribution in [3.8, 4) is 0 Å². The topological polar surface area (TPSA) is 95.9 Å². The molecule has 1 atom stereocenters. The summed E-state index contributed by atoms with van der Waals surface area (Å²) < 4.78 is 4.68. The quantitative estimate of drug-likeness (QED) is 0.741. The molecule has 0 aliphatic heterocycles. The number of carbonyl (C=O) groups is 3. The molecule has 20 heavy (non-hydrogen) atoms. The van der Waals surface area contributed by atoms with Crippen molar-refractivity contribution in [2.45, 2.75) is 6.10 Å². The van der Waals surface area contributed by atoms with Crippen LogP contribution in [0, 0.1) is 0 Å². The zero-order chi connectivity index (χ0) is 15.1. The van der Waals surface area contributed by atoms with Gasteiger partial charge in [0, 0.05) is 14.2 Å². The van der Waals surface area contributed by atoms with Gasteiger partial charge in [-0.15, -0.1) is 11.3 Å². The summed E-state index contributed by atoms with van der Waals surface area (Å²) in [5, 5.41) is 12.9. The maximum absolute atomic E-state index is 11.9. The van der Waals surface area contributed by atoms with Crippen molar-refractivity contribution in [3.05, 3.63) is 22.4 Å². The summed E-state index contributed by atoms with van der Waals surface area (Å²) in [6.07, 6.45) is -1.10. The second kappa shape index (κ2) is 7.61. The first kappa shape index (κ1) is 16.1. The van der Waals surface area contributed by atoms with Gasteiger partial charge in [0.25, 0.3) is 5.91 Å². The summed E-state index contributed by atoms with van der Waals surface area (Å²) in [6, 6.07) is 3.43. The lowest BCUT2D eigenvalue weighted by Gasteiger charge is -2.17. The third-order valence-corrected chi connectivity index (χ3v) is 3.36. The Kier molecular flexibility index (Phi) is 6.13. The number of carboxylic acid groups (broad SMARTS) is 1. The zero-order valence-electron chi connectivity index (χ0n) is 11.2. The van der Waals surface area contributed by atoms with Crippen molar-refractivity contribution < 1.29 is 24.2 Å². The number of methoxy groups -OCH3 is 1. The van der Waals surface area contributed by atoms with E-state index in [4.69, 9.17) is 5.11 Å². The van der Waals surface area contributed by atoms with Gasteiger partial charge in [-0.2, -0.15) is 0 Å². The fraction of sp³-hybridized carbons (Fsp3) is 0.417. The fourth-order valence-corrected chi connectivity index (χ4v) is 2.13. The highest BCUT2D eigenvalue weighted by Crippen LogP contribution is 2.10. The Morgan fingerprint density at radius 3 is 2.70 bits per heavy atom. The number of aliphatic carboxylic acids is 1. The number of nitrogens with zero attached hydrogens (tertiary/aromatic N) is 1. The molecule has 0 spiro atoms. The number of rotatable bonds is 7. The number of nitrogens with one attached hydrogen (secondary N) is 1. The van der Waals surface area contributed by atoms with Crippen LogP contribution in [-0.2, 0) is 14.3 Å². The number of ether oxygens (including phenoxy) is 1. The van der Waals surface area contributed by atoms with Crippen LogP contribution in [0.5, 0.6) is 0 Å². The second-order valence-corrected chi connectivity index (χ2v) is 4.95. The largest absolute Gasteiger partial charge is 0.479 e. The molecule has 0 aliphatic rings. The molecule has 1 heterocycles. The lowest BCUT2D eigenvalue weighted by Crippen LogP contribution is -2.43. The van der Waals surface area contributed by atoms with Gasteiger partial charge >= 0.3 is 5.97 Å². The van der Waals surface area contributed by atoms with Crippen LogP contribution in [0.15, 0.2) is 17.5 Å². The average Bonchev–Trinajstić information content (AvgIpc) is 2.91. The minimum Gasteiger partial charge on any atom is -0.479 e.